The van der Waals surface area contributed by atoms with E-state index in [1.165, 1.54) is 0 Å². The van der Waals surface area contributed by atoms with Gasteiger partial charge in [-0.05, 0) is 12.0 Å². The third-order valence-corrected chi connectivity index (χ3v) is 1.62. The molecule has 0 spiro atoms. The molecule has 0 aliphatic carbocycles. The predicted molar refractivity (Wildman–Crippen MR) is 60.0 cm³/mol. The maximum absolute atomic E-state index is 10.4. The van der Waals surface area contributed by atoms with E-state index in [0.717, 1.165) is 5.56 Å². The molecule has 8 heteroatoms. The Morgan fingerprint density at radius 3 is 2.00 bits per heavy atom. The van der Waals surface area contributed by atoms with Crippen LogP contribution in [0.1, 0.15) is 5.56 Å². The molecule has 1 aromatic rings. The van der Waals surface area contributed by atoms with Crippen molar-refractivity contribution in [1.29, 1.82) is 0 Å². The van der Waals surface area contributed by atoms with Crippen molar-refractivity contribution in [2.75, 3.05) is 0 Å². The molecule has 0 aliphatic rings. The fourth-order valence-electron chi connectivity index (χ4n) is 0.955. The standard InChI is InChI=1S/C9H11NO2.H3O4P/c10-8(9(11)12)6-7-4-2-1-3-5-7;1-5(2,3)4/h1-5,8H,6,10H2,(H,11,12);(H3,1,2,3,4). The van der Waals surface area contributed by atoms with Crippen molar-refractivity contribution in [3.63, 3.8) is 0 Å². The molecule has 7 nitrogen and oxygen atoms in total. The lowest BCUT2D eigenvalue weighted by Gasteiger charge is -2.04. The molecule has 96 valence electrons. The number of aliphatic carboxylic acids is 1. The zero-order valence-electron chi connectivity index (χ0n) is 8.80. The third kappa shape index (κ3) is 11.0. The molecule has 0 amide bonds. The predicted octanol–water partition coefficient (Wildman–Crippen LogP) is -0.288. The van der Waals surface area contributed by atoms with Gasteiger partial charge in [0.1, 0.15) is 6.04 Å². The molecule has 0 saturated carbocycles. The van der Waals surface area contributed by atoms with Crippen LogP contribution in [-0.2, 0) is 15.8 Å². The zero-order valence-corrected chi connectivity index (χ0v) is 9.70. The Hall–Kier alpha value is -1.24. The van der Waals surface area contributed by atoms with E-state index in [0.29, 0.717) is 6.42 Å². The van der Waals surface area contributed by atoms with Gasteiger partial charge in [-0.15, -0.1) is 0 Å². The van der Waals surface area contributed by atoms with E-state index < -0.39 is 19.8 Å². The lowest BCUT2D eigenvalue weighted by Crippen LogP contribution is -2.32. The summed E-state index contributed by atoms with van der Waals surface area (Å²) in [6, 6.07) is 8.54. The quantitative estimate of drug-likeness (QED) is 0.472. The molecule has 0 aliphatic heterocycles. The van der Waals surface area contributed by atoms with Crippen LogP contribution in [-0.4, -0.2) is 31.8 Å². The fraction of sp³-hybridized carbons (Fsp3) is 0.222. The van der Waals surface area contributed by atoms with Gasteiger partial charge in [-0.2, -0.15) is 0 Å². The number of carboxylic acids is 1. The summed E-state index contributed by atoms with van der Waals surface area (Å²) < 4.78 is 8.88. The number of hydrogen-bond acceptors (Lipinski definition) is 3. The second-order valence-electron chi connectivity index (χ2n) is 3.15. The van der Waals surface area contributed by atoms with Gasteiger partial charge in [-0.1, -0.05) is 30.3 Å². The van der Waals surface area contributed by atoms with E-state index in [9.17, 15) is 4.79 Å². The van der Waals surface area contributed by atoms with E-state index in [-0.39, 0.29) is 0 Å². The summed E-state index contributed by atoms with van der Waals surface area (Å²) in [5.74, 6) is -0.959. The highest BCUT2D eigenvalue weighted by molar-refractivity contribution is 7.45. The number of benzene rings is 1. The number of nitrogens with two attached hydrogens (primary N) is 1. The van der Waals surface area contributed by atoms with E-state index in [2.05, 4.69) is 0 Å². The number of rotatable bonds is 3. The Morgan fingerprint density at radius 1 is 1.24 bits per heavy atom. The van der Waals surface area contributed by atoms with Crippen LogP contribution in [0.15, 0.2) is 30.3 Å². The first-order valence-corrected chi connectivity index (χ1v) is 6.07. The molecular formula is C9H14NO6P. The molecule has 0 heterocycles. The molecule has 6 N–H and O–H groups in total. The Labute approximate surface area is 97.8 Å². The Balaban J connectivity index is 0.000000437. The monoisotopic (exact) mass is 263 g/mol. The van der Waals surface area contributed by atoms with Gasteiger partial charge in [-0.25, -0.2) is 4.57 Å². The summed E-state index contributed by atoms with van der Waals surface area (Å²) in [7, 11) is -4.64. The molecule has 1 atom stereocenters. The van der Waals surface area contributed by atoms with Gasteiger partial charge in [0, 0.05) is 0 Å². The second kappa shape index (κ2) is 7.16. The Kier molecular flexibility index (Phi) is 6.64. The van der Waals surface area contributed by atoms with Gasteiger partial charge in [0.05, 0.1) is 0 Å². The average molecular weight is 263 g/mol. The molecular weight excluding hydrogens is 249 g/mol. The summed E-state index contributed by atoms with van der Waals surface area (Å²) >= 11 is 0. The highest BCUT2D eigenvalue weighted by atomic mass is 31.2. The molecule has 1 unspecified atom stereocenters. The van der Waals surface area contributed by atoms with E-state index in [1.54, 1.807) is 0 Å². The molecule has 1 aromatic carbocycles. The van der Waals surface area contributed by atoms with Crippen LogP contribution in [0.5, 0.6) is 0 Å². The molecule has 0 fully saturated rings. The smallest absolute Gasteiger partial charge is 0.466 e. The normalized spacial score (nSPS) is 12.2. The van der Waals surface area contributed by atoms with Gasteiger partial charge < -0.3 is 25.5 Å². The van der Waals surface area contributed by atoms with Crippen molar-refractivity contribution in [1.82, 2.24) is 0 Å². The van der Waals surface area contributed by atoms with Crippen LogP contribution in [0.25, 0.3) is 0 Å². The minimum Gasteiger partial charge on any atom is -0.480 e. The summed E-state index contributed by atoms with van der Waals surface area (Å²) in [4.78, 5) is 31.9. The zero-order chi connectivity index (χ0) is 13.5. The first kappa shape index (κ1) is 15.8. The van der Waals surface area contributed by atoms with Crippen LogP contribution < -0.4 is 5.73 Å². The molecule has 1 rings (SSSR count). The molecule has 17 heavy (non-hydrogen) atoms. The lowest BCUT2D eigenvalue weighted by atomic mass is 10.1. The Morgan fingerprint density at radius 2 is 1.65 bits per heavy atom. The van der Waals surface area contributed by atoms with E-state index in [1.807, 2.05) is 30.3 Å². The summed E-state index contributed by atoms with van der Waals surface area (Å²) in [5, 5.41) is 8.52. The first-order chi connectivity index (χ1) is 7.70. The minimum atomic E-state index is -4.64. The van der Waals surface area contributed by atoms with E-state index >= 15 is 0 Å². The fourth-order valence-corrected chi connectivity index (χ4v) is 0.955. The number of carbonyl (C=O) groups is 1. The molecule has 0 bridgehead atoms. The average Bonchev–Trinajstić information content (AvgIpc) is 2.16. The topological polar surface area (TPSA) is 141 Å². The van der Waals surface area contributed by atoms with Crippen LogP contribution in [0, 0.1) is 0 Å². The van der Waals surface area contributed by atoms with Crippen LogP contribution in [0.2, 0.25) is 0 Å². The van der Waals surface area contributed by atoms with Crippen molar-refractivity contribution >= 4 is 13.8 Å². The van der Waals surface area contributed by atoms with Gasteiger partial charge >= 0.3 is 13.8 Å². The third-order valence-electron chi connectivity index (χ3n) is 1.62. The van der Waals surface area contributed by atoms with Crippen LogP contribution in [0.3, 0.4) is 0 Å². The van der Waals surface area contributed by atoms with Crippen molar-refractivity contribution in [3.05, 3.63) is 35.9 Å². The Bertz CT molecular complexity index is 381. The summed E-state index contributed by atoms with van der Waals surface area (Å²) in [6.45, 7) is 0. The van der Waals surface area contributed by atoms with Crippen molar-refractivity contribution in [2.24, 2.45) is 5.73 Å². The van der Waals surface area contributed by atoms with Gasteiger partial charge in [0.2, 0.25) is 0 Å². The number of carboxylic acid groups (broad SMARTS) is 1. The van der Waals surface area contributed by atoms with Gasteiger partial charge in [-0.3, -0.25) is 4.79 Å². The lowest BCUT2D eigenvalue weighted by molar-refractivity contribution is -0.138. The maximum Gasteiger partial charge on any atom is 0.466 e. The highest BCUT2D eigenvalue weighted by Crippen LogP contribution is 2.25. The van der Waals surface area contributed by atoms with Crippen molar-refractivity contribution in [3.8, 4) is 0 Å². The summed E-state index contributed by atoms with van der Waals surface area (Å²) in [6.07, 6.45) is 0.385. The van der Waals surface area contributed by atoms with E-state index in [4.69, 9.17) is 30.1 Å². The van der Waals surface area contributed by atoms with Crippen molar-refractivity contribution in [2.45, 2.75) is 12.5 Å². The molecule has 0 radical (unpaired) electrons. The SMILES string of the molecule is NC(Cc1ccccc1)C(=O)O.O=P(O)(O)O. The molecule has 0 aromatic heterocycles. The maximum atomic E-state index is 10.4. The van der Waals surface area contributed by atoms with Crippen LogP contribution in [0.4, 0.5) is 0 Å². The minimum absolute atomic E-state index is 0.385. The number of phosphoric acid groups is 1. The molecule has 0 saturated heterocycles. The van der Waals surface area contributed by atoms with Crippen molar-refractivity contribution < 1.29 is 29.1 Å². The second-order valence-corrected chi connectivity index (χ2v) is 4.17. The van der Waals surface area contributed by atoms with Crippen LogP contribution >= 0.6 is 7.82 Å². The van der Waals surface area contributed by atoms with Gasteiger partial charge in [0.15, 0.2) is 0 Å². The van der Waals surface area contributed by atoms with Gasteiger partial charge in [0.25, 0.3) is 0 Å². The summed E-state index contributed by atoms with van der Waals surface area (Å²) in [5.41, 5.74) is 6.30. The largest absolute Gasteiger partial charge is 0.480 e. The highest BCUT2D eigenvalue weighted by Gasteiger charge is 2.10. The first-order valence-electron chi connectivity index (χ1n) is 4.50. The number of hydrogen-bond donors (Lipinski definition) is 5.